The molecule has 0 aliphatic carbocycles. The maximum absolute atomic E-state index is 5.54. The Bertz CT molecular complexity index is 446. The van der Waals surface area contributed by atoms with Crippen LogP contribution in [0.2, 0.25) is 0 Å². The van der Waals surface area contributed by atoms with E-state index in [4.69, 9.17) is 9.47 Å². The van der Waals surface area contributed by atoms with Crippen molar-refractivity contribution in [1.29, 1.82) is 0 Å². The Morgan fingerprint density at radius 1 is 1.26 bits per heavy atom. The van der Waals surface area contributed by atoms with Crippen molar-refractivity contribution in [2.75, 3.05) is 32.2 Å². The third kappa shape index (κ3) is 2.63. The Morgan fingerprint density at radius 2 is 2.00 bits per heavy atom. The Morgan fingerprint density at radius 3 is 2.58 bits per heavy atom. The predicted octanol–water partition coefficient (Wildman–Crippen LogP) is 2.28. The van der Waals surface area contributed by atoms with Crippen molar-refractivity contribution in [3.05, 3.63) is 18.2 Å². The first-order valence-electron chi connectivity index (χ1n) is 6.71. The molecule has 1 atom stereocenters. The third-order valence-electron chi connectivity index (χ3n) is 3.74. The molecule has 4 nitrogen and oxygen atoms in total. The topological polar surface area (TPSA) is 33.7 Å². The minimum Gasteiger partial charge on any atom is -0.497 e. The molecule has 0 amide bonds. The van der Waals surface area contributed by atoms with Crippen LogP contribution in [0.4, 0.5) is 5.69 Å². The lowest BCUT2D eigenvalue weighted by Gasteiger charge is -2.49. The van der Waals surface area contributed by atoms with Gasteiger partial charge in [-0.15, -0.1) is 0 Å². The van der Waals surface area contributed by atoms with Crippen molar-refractivity contribution >= 4 is 5.69 Å². The second-order valence-electron chi connectivity index (χ2n) is 5.70. The number of piperazine rings is 1. The highest BCUT2D eigenvalue weighted by atomic mass is 16.5. The zero-order chi connectivity index (χ0) is 14.0. The lowest BCUT2D eigenvalue weighted by atomic mass is 9.95. The monoisotopic (exact) mass is 264 g/mol. The van der Waals surface area contributed by atoms with E-state index in [0.717, 1.165) is 30.3 Å². The zero-order valence-corrected chi connectivity index (χ0v) is 12.5. The van der Waals surface area contributed by atoms with Gasteiger partial charge < -0.3 is 19.7 Å². The standard InChI is InChI=1S/C15H24N2O2/c1-11-9-16-10-15(2,3)17(11)13-7-6-12(18-4)8-14(13)19-5/h6-8,11,16H,9-10H2,1-5H3. The van der Waals surface area contributed by atoms with Crippen LogP contribution in [-0.2, 0) is 0 Å². The summed E-state index contributed by atoms with van der Waals surface area (Å²) in [4.78, 5) is 2.43. The van der Waals surface area contributed by atoms with Crippen LogP contribution in [0.5, 0.6) is 11.5 Å². The summed E-state index contributed by atoms with van der Waals surface area (Å²) in [6.45, 7) is 8.68. The molecule has 4 heteroatoms. The molecule has 1 aromatic rings. The van der Waals surface area contributed by atoms with Crippen LogP contribution in [0.3, 0.4) is 0 Å². The molecule has 0 spiro atoms. The molecule has 0 radical (unpaired) electrons. The highest BCUT2D eigenvalue weighted by Gasteiger charge is 2.35. The number of nitrogens with zero attached hydrogens (tertiary/aromatic N) is 1. The average Bonchev–Trinajstić information content (AvgIpc) is 2.37. The molecule has 1 aromatic carbocycles. The van der Waals surface area contributed by atoms with Crippen LogP contribution in [-0.4, -0.2) is 38.9 Å². The molecule has 1 saturated heterocycles. The van der Waals surface area contributed by atoms with Crippen LogP contribution in [0.1, 0.15) is 20.8 Å². The minimum absolute atomic E-state index is 0.0551. The quantitative estimate of drug-likeness (QED) is 0.908. The predicted molar refractivity (Wildman–Crippen MR) is 78.4 cm³/mol. The second-order valence-corrected chi connectivity index (χ2v) is 5.70. The van der Waals surface area contributed by atoms with Gasteiger partial charge in [-0.05, 0) is 32.9 Å². The molecule has 1 N–H and O–H groups in total. The summed E-state index contributed by atoms with van der Waals surface area (Å²) in [5, 5.41) is 3.48. The fourth-order valence-electron chi connectivity index (χ4n) is 2.91. The number of anilines is 1. The molecule has 1 aliphatic heterocycles. The molecule has 0 saturated carbocycles. The van der Waals surface area contributed by atoms with Crippen LogP contribution in [0.25, 0.3) is 0 Å². The molecule has 1 fully saturated rings. The number of benzene rings is 1. The molecule has 1 heterocycles. The third-order valence-corrected chi connectivity index (χ3v) is 3.74. The SMILES string of the molecule is COc1ccc(N2C(C)CNCC2(C)C)c(OC)c1. The van der Waals surface area contributed by atoms with Crippen LogP contribution in [0, 0.1) is 0 Å². The summed E-state index contributed by atoms with van der Waals surface area (Å²) in [6.07, 6.45) is 0. The molecule has 19 heavy (non-hydrogen) atoms. The van der Waals surface area contributed by atoms with Gasteiger partial charge in [0, 0.05) is 30.7 Å². The van der Waals surface area contributed by atoms with E-state index in [-0.39, 0.29) is 5.54 Å². The van der Waals surface area contributed by atoms with Crippen LogP contribution >= 0.6 is 0 Å². The number of rotatable bonds is 3. The number of ether oxygens (including phenoxy) is 2. The van der Waals surface area contributed by atoms with Gasteiger partial charge in [0.1, 0.15) is 11.5 Å². The van der Waals surface area contributed by atoms with Crippen molar-refractivity contribution in [2.24, 2.45) is 0 Å². The largest absolute Gasteiger partial charge is 0.497 e. The molecular weight excluding hydrogens is 240 g/mol. The average molecular weight is 264 g/mol. The van der Waals surface area contributed by atoms with Crippen molar-refractivity contribution in [2.45, 2.75) is 32.4 Å². The van der Waals surface area contributed by atoms with E-state index >= 15 is 0 Å². The highest BCUT2D eigenvalue weighted by Crippen LogP contribution is 2.38. The highest BCUT2D eigenvalue weighted by molar-refractivity contribution is 5.63. The van der Waals surface area contributed by atoms with E-state index in [2.05, 4.69) is 37.1 Å². The molecule has 2 rings (SSSR count). The summed E-state index contributed by atoms with van der Waals surface area (Å²) in [6, 6.07) is 6.44. The van der Waals surface area contributed by atoms with E-state index in [1.165, 1.54) is 0 Å². The first kappa shape index (κ1) is 14.0. The van der Waals surface area contributed by atoms with Gasteiger partial charge in [-0.3, -0.25) is 0 Å². The van der Waals surface area contributed by atoms with E-state index in [1.807, 2.05) is 12.1 Å². The molecule has 106 valence electrons. The summed E-state index contributed by atoms with van der Waals surface area (Å²) < 4.78 is 10.8. The Labute approximate surface area is 115 Å². The minimum atomic E-state index is 0.0551. The van der Waals surface area contributed by atoms with Gasteiger partial charge in [0.2, 0.25) is 0 Å². The van der Waals surface area contributed by atoms with Gasteiger partial charge in [-0.2, -0.15) is 0 Å². The van der Waals surface area contributed by atoms with E-state index < -0.39 is 0 Å². The maximum atomic E-state index is 5.54. The van der Waals surface area contributed by atoms with Gasteiger partial charge in [0.25, 0.3) is 0 Å². The van der Waals surface area contributed by atoms with Gasteiger partial charge in [-0.1, -0.05) is 0 Å². The summed E-state index contributed by atoms with van der Waals surface area (Å²) in [5.41, 5.74) is 1.18. The lowest BCUT2D eigenvalue weighted by molar-refractivity contribution is 0.326. The number of methoxy groups -OCH3 is 2. The number of hydrogen-bond donors (Lipinski definition) is 1. The Balaban J connectivity index is 2.44. The fourth-order valence-corrected chi connectivity index (χ4v) is 2.91. The Kier molecular flexibility index (Phi) is 3.90. The zero-order valence-electron chi connectivity index (χ0n) is 12.5. The fraction of sp³-hybridized carbons (Fsp3) is 0.600. The lowest BCUT2D eigenvalue weighted by Crippen LogP contribution is -2.62. The van der Waals surface area contributed by atoms with Gasteiger partial charge in [-0.25, -0.2) is 0 Å². The van der Waals surface area contributed by atoms with E-state index in [9.17, 15) is 0 Å². The first-order valence-corrected chi connectivity index (χ1v) is 6.71. The molecule has 0 bridgehead atoms. The molecule has 0 aromatic heterocycles. The van der Waals surface area contributed by atoms with E-state index in [1.54, 1.807) is 14.2 Å². The summed E-state index contributed by atoms with van der Waals surface area (Å²) >= 11 is 0. The van der Waals surface area contributed by atoms with Crippen molar-refractivity contribution in [1.82, 2.24) is 5.32 Å². The maximum Gasteiger partial charge on any atom is 0.145 e. The van der Waals surface area contributed by atoms with Crippen molar-refractivity contribution in [3.8, 4) is 11.5 Å². The number of hydrogen-bond acceptors (Lipinski definition) is 4. The van der Waals surface area contributed by atoms with Gasteiger partial charge in [0.15, 0.2) is 0 Å². The van der Waals surface area contributed by atoms with Crippen LogP contribution < -0.4 is 19.7 Å². The molecule has 1 aliphatic rings. The van der Waals surface area contributed by atoms with Crippen molar-refractivity contribution < 1.29 is 9.47 Å². The van der Waals surface area contributed by atoms with E-state index in [0.29, 0.717) is 6.04 Å². The summed E-state index contributed by atoms with van der Waals surface area (Å²) in [5.74, 6) is 1.68. The molecular formula is C15H24N2O2. The Hall–Kier alpha value is -1.42. The normalized spacial score (nSPS) is 22.2. The second kappa shape index (κ2) is 5.29. The van der Waals surface area contributed by atoms with Crippen LogP contribution in [0.15, 0.2) is 18.2 Å². The smallest absolute Gasteiger partial charge is 0.145 e. The first-order chi connectivity index (χ1) is 8.99. The van der Waals surface area contributed by atoms with Crippen molar-refractivity contribution in [3.63, 3.8) is 0 Å². The molecule has 1 unspecified atom stereocenters. The number of nitrogens with one attached hydrogen (secondary N) is 1. The van der Waals surface area contributed by atoms with Gasteiger partial charge >= 0.3 is 0 Å². The summed E-state index contributed by atoms with van der Waals surface area (Å²) in [7, 11) is 3.38. The van der Waals surface area contributed by atoms with Gasteiger partial charge in [0.05, 0.1) is 19.9 Å².